The van der Waals surface area contributed by atoms with Gasteiger partial charge in [0.25, 0.3) is 0 Å². The molecule has 19 heavy (non-hydrogen) atoms. The van der Waals surface area contributed by atoms with E-state index in [0.29, 0.717) is 6.42 Å². The number of carbonyl (C=O) groups is 1. The molecule has 0 radical (unpaired) electrons. The van der Waals surface area contributed by atoms with Crippen molar-refractivity contribution in [2.75, 3.05) is 18.1 Å². The summed E-state index contributed by atoms with van der Waals surface area (Å²) in [5.74, 6) is 0.296. The van der Waals surface area contributed by atoms with Crippen LogP contribution in [0.5, 0.6) is 0 Å². The van der Waals surface area contributed by atoms with E-state index in [1.54, 1.807) is 0 Å². The molecule has 5 nitrogen and oxygen atoms in total. The number of hydrogen-bond acceptors (Lipinski definition) is 4. The maximum Gasteiger partial charge on any atom is 0.237 e. The molecular weight excluding hydrogens is 264 g/mol. The molecule has 2 atom stereocenters. The summed E-state index contributed by atoms with van der Waals surface area (Å²) in [5.41, 5.74) is -0.0735. The van der Waals surface area contributed by atoms with Gasteiger partial charge in [-0.2, -0.15) is 0 Å². The maximum absolute atomic E-state index is 12.3. The molecule has 6 heteroatoms. The third kappa shape index (κ3) is 3.69. The Bertz CT molecular complexity index is 445. The second kappa shape index (κ2) is 5.40. The lowest BCUT2D eigenvalue weighted by molar-refractivity contribution is -0.127. The minimum Gasteiger partial charge on any atom is -0.351 e. The molecule has 2 rings (SSSR count). The second-order valence-electron chi connectivity index (χ2n) is 6.44. The van der Waals surface area contributed by atoms with Crippen molar-refractivity contribution in [3.05, 3.63) is 0 Å². The third-order valence-corrected chi connectivity index (χ3v) is 6.02. The summed E-state index contributed by atoms with van der Waals surface area (Å²) in [6.45, 7) is 5.02. The summed E-state index contributed by atoms with van der Waals surface area (Å²) in [5, 5.41) is 6.18. The normalized spacial score (nSPS) is 33.6. The Morgan fingerprint density at radius 2 is 2.05 bits per heavy atom. The van der Waals surface area contributed by atoms with Crippen molar-refractivity contribution in [2.45, 2.75) is 51.6 Å². The Kier molecular flexibility index (Phi) is 4.20. The largest absolute Gasteiger partial charge is 0.351 e. The van der Waals surface area contributed by atoms with Gasteiger partial charge in [0, 0.05) is 6.04 Å². The fourth-order valence-electron chi connectivity index (χ4n) is 3.08. The Balaban J connectivity index is 1.97. The van der Waals surface area contributed by atoms with E-state index in [1.807, 2.05) is 0 Å². The molecule has 0 bridgehead atoms. The molecule has 110 valence electrons. The van der Waals surface area contributed by atoms with Gasteiger partial charge in [0.1, 0.15) is 0 Å². The second-order valence-corrected chi connectivity index (χ2v) is 8.67. The van der Waals surface area contributed by atoms with Crippen LogP contribution in [0.3, 0.4) is 0 Å². The molecule has 2 heterocycles. The number of rotatable bonds is 2. The van der Waals surface area contributed by atoms with Crippen LogP contribution in [-0.4, -0.2) is 44.5 Å². The highest BCUT2D eigenvalue weighted by atomic mass is 32.2. The van der Waals surface area contributed by atoms with E-state index in [2.05, 4.69) is 24.5 Å². The number of hydrogen-bond donors (Lipinski definition) is 2. The number of sulfone groups is 1. The molecule has 1 amide bonds. The van der Waals surface area contributed by atoms with E-state index in [1.165, 1.54) is 0 Å². The lowest BCUT2D eigenvalue weighted by Crippen LogP contribution is -2.58. The molecule has 0 aromatic carbocycles. The molecule has 2 aliphatic rings. The van der Waals surface area contributed by atoms with Crippen molar-refractivity contribution in [2.24, 2.45) is 5.41 Å². The van der Waals surface area contributed by atoms with Crippen molar-refractivity contribution in [1.29, 1.82) is 0 Å². The van der Waals surface area contributed by atoms with E-state index >= 15 is 0 Å². The van der Waals surface area contributed by atoms with Crippen LogP contribution in [-0.2, 0) is 14.6 Å². The molecule has 2 aliphatic heterocycles. The topological polar surface area (TPSA) is 75.3 Å². The van der Waals surface area contributed by atoms with Crippen LogP contribution in [0.15, 0.2) is 0 Å². The average Bonchev–Trinajstić information content (AvgIpc) is 2.26. The van der Waals surface area contributed by atoms with Crippen LogP contribution >= 0.6 is 0 Å². The van der Waals surface area contributed by atoms with Gasteiger partial charge >= 0.3 is 0 Å². The van der Waals surface area contributed by atoms with E-state index in [0.717, 1.165) is 25.8 Å². The summed E-state index contributed by atoms with van der Waals surface area (Å²) in [6.07, 6.45) is 3.50. The Morgan fingerprint density at radius 1 is 1.32 bits per heavy atom. The zero-order chi connectivity index (χ0) is 14.1. The van der Waals surface area contributed by atoms with Crippen LogP contribution in [0.2, 0.25) is 0 Å². The maximum atomic E-state index is 12.3. The lowest BCUT2D eigenvalue weighted by atomic mass is 9.77. The van der Waals surface area contributed by atoms with E-state index in [-0.39, 0.29) is 34.9 Å². The summed E-state index contributed by atoms with van der Waals surface area (Å²) in [6, 6.07) is -0.434. The highest BCUT2D eigenvalue weighted by Gasteiger charge is 2.38. The minimum absolute atomic E-state index is 0.0493. The minimum atomic E-state index is -2.97. The number of amides is 1. The fraction of sp³-hybridized carbons (Fsp3) is 0.923. The monoisotopic (exact) mass is 288 g/mol. The molecule has 2 unspecified atom stereocenters. The van der Waals surface area contributed by atoms with Crippen LogP contribution < -0.4 is 10.6 Å². The number of carbonyl (C=O) groups excluding carboxylic acids is 1. The summed E-state index contributed by atoms with van der Waals surface area (Å²) >= 11 is 0. The van der Waals surface area contributed by atoms with Gasteiger partial charge in [-0.25, -0.2) is 8.42 Å². The quantitative estimate of drug-likeness (QED) is 0.774. The van der Waals surface area contributed by atoms with Crippen LogP contribution in [0.4, 0.5) is 0 Å². The standard InChI is InChI=1S/C13H24N2O3S/c1-13(2)6-4-7-14-11(13)12(16)15-10-5-3-8-19(17,18)9-10/h10-11,14H,3-9H2,1-2H3,(H,15,16). The SMILES string of the molecule is CC1(C)CCCNC1C(=O)NC1CCCS(=O)(=O)C1. The highest BCUT2D eigenvalue weighted by Crippen LogP contribution is 2.30. The van der Waals surface area contributed by atoms with Gasteiger partial charge in [-0.05, 0) is 37.6 Å². The summed E-state index contributed by atoms with van der Waals surface area (Å²) < 4.78 is 23.2. The molecule has 0 aromatic rings. The van der Waals surface area contributed by atoms with Crippen molar-refractivity contribution in [1.82, 2.24) is 10.6 Å². The predicted molar refractivity (Wildman–Crippen MR) is 74.6 cm³/mol. The van der Waals surface area contributed by atoms with Crippen LogP contribution in [0.1, 0.15) is 39.5 Å². The molecule has 0 aromatic heterocycles. The van der Waals surface area contributed by atoms with Gasteiger partial charge in [-0.15, -0.1) is 0 Å². The van der Waals surface area contributed by atoms with Crippen molar-refractivity contribution >= 4 is 15.7 Å². The van der Waals surface area contributed by atoms with Crippen molar-refractivity contribution < 1.29 is 13.2 Å². The molecule has 2 saturated heterocycles. The number of piperidine rings is 1. The predicted octanol–water partition coefficient (Wildman–Crippen LogP) is 0.458. The highest BCUT2D eigenvalue weighted by molar-refractivity contribution is 7.91. The first-order chi connectivity index (χ1) is 8.80. The molecule has 0 aliphatic carbocycles. The van der Waals surface area contributed by atoms with Crippen LogP contribution in [0.25, 0.3) is 0 Å². The van der Waals surface area contributed by atoms with Gasteiger partial charge in [-0.3, -0.25) is 4.79 Å². The van der Waals surface area contributed by atoms with Crippen LogP contribution in [0, 0.1) is 5.41 Å². The first-order valence-corrected chi connectivity index (χ1v) is 8.86. The Labute approximate surface area is 115 Å². The van der Waals surface area contributed by atoms with Gasteiger partial charge in [0.05, 0.1) is 17.5 Å². The Morgan fingerprint density at radius 3 is 2.68 bits per heavy atom. The van der Waals surface area contributed by atoms with E-state index < -0.39 is 9.84 Å². The number of nitrogens with one attached hydrogen (secondary N) is 2. The summed E-state index contributed by atoms with van der Waals surface area (Å²) in [4.78, 5) is 12.3. The third-order valence-electron chi connectivity index (χ3n) is 4.20. The van der Waals surface area contributed by atoms with Gasteiger partial charge < -0.3 is 10.6 Å². The first-order valence-electron chi connectivity index (χ1n) is 7.04. The van der Waals surface area contributed by atoms with Crippen molar-refractivity contribution in [3.8, 4) is 0 Å². The van der Waals surface area contributed by atoms with Gasteiger partial charge in [-0.1, -0.05) is 13.8 Å². The fourth-order valence-corrected chi connectivity index (χ4v) is 4.72. The zero-order valence-corrected chi connectivity index (χ0v) is 12.6. The molecule has 0 spiro atoms. The van der Waals surface area contributed by atoms with Crippen molar-refractivity contribution in [3.63, 3.8) is 0 Å². The zero-order valence-electron chi connectivity index (χ0n) is 11.7. The molecule has 2 N–H and O–H groups in total. The van der Waals surface area contributed by atoms with E-state index in [9.17, 15) is 13.2 Å². The molecule has 0 saturated carbocycles. The lowest BCUT2D eigenvalue weighted by Gasteiger charge is -2.39. The average molecular weight is 288 g/mol. The van der Waals surface area contributed by atoms with E-state index in [4.69, 9.17) is 0 Å². The van der Waals surface area contributed by atoms with Gasteiger partial charge in [0.2, 0.25) is 5.91 Å². The molecule has 2 fully saturated rings. The first kappa shape index (κ1) is 14.8. The van der Waals surface area contributed by atoms with Gasteiger partial charge in [0.15, 0.2) is 9.84 Å². The smallest absolute Gasteiger partial charge is 0.237 e. The Hall–Kier alpha value is -0.620. The summed E-state index contributed by atoms with van der Waals surface area (Å²) in [7, 11) is -2.97. The molecular formula is C13H24N2O3S.